The first-order valence-electron chi connectivity index (χ1n) is 4.97. The summed E-state index contributed by atoms with van der Waals surface area (Å²) >= 11 is 0. The number of aliphatic hydroxyl groups excluding tert-OH is 1. The van der Waals surface area contributed by atoms with Gasteiger partial charge < -0.3 is 10.4 Å². The molecule has 3 nitrogen and oxygen atoms in total. The van der Waals surface area contributed by atoms with Crippen LogP contribution in [0.15, 0.2) is 30.3 Å². The Morgan fingerprint density at radius 2 is 2.12 bits per heavy atom. The van der Waals surface area contributed by atoms with Gasteiger partial charge in [0, 0.05) is 12.6 Å². The molecule has 0 bridgehead atoms. The molecule has 1 aromatic carbocycles. The number of halogens is 1. The Hall–Kier alpha value is -1.68. The monoisotopic (exact) mass is 223 g/mol. The molecule has 16 heavy (non-hydrogen) atoms. The molecular formula is C12H14FNO2. The number of amides is 1. The van der Waals surface area contributed by atoms with Crippen LogP contribution in [0.2, 0.25) is 0 Å². The van der Waals surface area contributed by atoms with Crippen molar-refractivity contribution < 1.29 is 14.3 Å². The van der Waals surface area contributed by atoms with Crippen molar-refractivity contribution in [3.8, 4) is 0 Å². The van der Waals surface area contributed by atoms with E-state index >= 15 is 0 Å². The van der Waals surface area contributed by atoms with E-state index < -0.39 is 6.10 Å². The third-order valence-corrected chi connectivity index (χ3v) is 1.87. The second kappa shape index (κ2) is 6.02. The van der Waals surface area contributed by atoms with Crippen LogP contribution in [-0.4, -0.2) is 23.7 Å². The second-order valence-electron chi connectivity index (χ2n) is 3.48. The summed E-state index contributed by atoms with van der Waals surface area (Å²) in [5.41, 5.74) is 0.744. The Bertz CT molecular complexity index is 371. The molecule has 0 saturated carbocycles. The first-order chi connectivity index (χ1) is 7.58. The molecule has 2 N–H and O–H groups in total. The number of hydrogen-bond acceptors (Lipinski definition) is 2. The van der Waals surface area contributed by atoms with E-state index in [2.05, 4.69) is 5.32 Å². The minimum Gasteiger partial charge on any atom is -0.392 e. The van der Waals surface area contributed by atoms with Gasteiger partial charge in [-0.3, -0.25) is 4.79 Å². The minimum atomic E-state index is -0.567. The first-order valence-corrected chi connectivity index (χ1v) is 4.97. The molecule has 0 aliphatic carbocycles. The number of aliphatic hydroxyl groups is 1. The van der Waals surface area contributed by atoms with Crippen LogP contribution in [0.5, 0.6) is 0 Å². The summed E-state index contributed by atoms with van der Waals surface area (Å²) < 4.78 is 12.6. The maximum Gasteiger partial charge on any atom is 0.244 e. The van der Waals surface area contributed by atoms with Gasteiger partial charge in [-0.15, -0.1) is 0 Å². The SMILES string of the molecule is CC(O)CNC(=O)/C=C/c1ccc(F)cc1. The van der Waals surface area contributed by atoms with Crippen LogP contribution < -0.4 is 5.32 Å². The van der Waals surface area contributed by atoms with Crippen molar-refractivity contribution in [2.75, 3.05) is 6.54 Å². The molecule has 1 unspecified atom stereocenters. The van der Waals surface area contributed by atoms with Crippen molar-refractivity contribution in [2.45, 2.75) is 13.0 Å². The van der Waals surface area contributed by atoms with Crippen molar-refractivity contribution in [2.24, 2.45) is 0 Å². The van der Waals surface area contributed by atoms with E-state index in [1.807, 2.05) is 0 Å². The number of hydrogen-bond donors (Lipinski definition) is 2. The highest BCUT2D eigenvalue weighted by atomic mass is 19.1. The molecule has 4 heteroatoms. The number of benzene rings is 1. The van der Waals surface area contributed by atoms with E-state index in [1.54, 1.807) is 25.1 Å². The smallest absolute Gasteiger partial charge is 0.244 e. The lowest BCUT2D eigenvalue weighted by atomic mass is 10.2. The summed E-state index contributed by atoms with van der Waals surface area (Å²) in [5, 5.41) is 11.5. The summed E-state index contributed by atoms with van der Waals surface area (Å²) in [5.74, 6) is -0.596. The van der Waals surface area contributed by atoms with E-state index in [0.29, 0.717) is 0 Å². The minimum absolute atomic E-state index is 0.215. The number of carbonyl (C=O) groups is 1. The van der Waals surface area contributed by atoms with Gasteiger partial charge in [-0.05, 0) is 30.7 Å². The standard InChI is InChI=1S/C12H14FNO2/c1-9(15)8-14-12(16)7-4-10-2-5-11(13)6-3-10/h2-7,9,15H,8H2,1H3,(H,14,16)/b7-4+. The van der Waals surface area contributed by atoms with Gasteiger partial charge in [0.15, 0.2) is 0 Å². The van der Waals surface area contributed by atoms with Gasteiger partial charge in [0.2, 0.25) is 5.91 Å². The Morgan fingerprint density at radius 1 is 1.50 bits per heavy atom. The van der Waals surface area contributed by atoms with Crippen LogP contribution in [0.3, 0.4) is 0 Å². The summed E-state index contributed by atoms with van der Waals surface area (Å²) in [6, 6.07) is 5.81. The fourth-order valence-corrected chi connectivity index (χ4v) is 1.05. The van der Waals surface area contributed by atoms with E-state index in [1.165, 1.54) is 18.2 Å². The molecular weight excluding hydrogens is 209 g/mol. The normalized spacial score (nSPS) is 12.7. The number of rotatable bonds is 4. The van der Waals surface area contributed by atoms with Crippen molar-refractivity contribution in [3.63, 3.8) is 0 Å². The molecule has 1 rings (SSSR count). The van der Waals surface area contributed by atoms with Crippen molar-refractivity contribution in [1.82, 2.24) is 5.32 Å². The van der Waals surface area contributed by atoms with Gasteiger partial charge in [-0.2, -0.15) is 0 Å². The van der Waals surface area contributed by atoms with Crippen LogP contribution >= 0.6 is 0 Å². The average molecular weight is 223 g/mol. The summed E-state index contributed by atoms with van der Waals surface area (Å²) in [6.07, 6.45) is 2.36. The number of nitrogens with one attached hydrogen (secondary N) is 1. The summed E-state index contributed by atoms with van der Waals surface area (Å²) in [7, 11) is 0. The molecule has 86 valence electrons. The molecule has 0 aliphatic heterocycles. The Labute approximate surface area is 93.6 Å². The van der Waals surface area contributed by atoms with Gasteiger partial charge in [0.25, 0.3) is 0 Å². The maximum absolute atomic E-state index is 12.6. The van der Waals surface area contributed by atoms with Crippen molar-refractivity contribution >= 4 is 12.0 Å². The quantitative estimate of drug-likeness (QED) is 0.757. The molecule has 0 saturated heterocycles. The fraction of sp³-hybridized carbons (Fsp3) is 0.250. The molecule has 0 heterocycles. The topological polar surface area (TPSA) is 49.3 Å². The first kappa shape index (κ1) is 12.4. The Balaban J connectivity index is 2.47. The van der Waals surface area contributed by atoms with Gasteiger partial charge in [-0.1, -0.05) is 12.1 Å². The lowest BCUT2D eigenvalue weighted by Crippen LogP contribution is -2.28. The molecule has 1 amide bonds. The van der Waals surface area contributed by atoms with Crippen LogP contribution in [0.4, 0.5) is 4.39 Å². The lowest BCUT2D eigenvalue weighted by Gasteiger charge is -2.03. The van der Waals surface area contributed by atoms with E-state index in [9.17, 15) is 9.18 Å². The van der Waals surface area contributed by atoms with Crippen molar-refractivity contribution in [3.05, 3.63) is 41.7 Å². The van der Waals surface area contributed by atoms with E-state index in [-0.39, 0.29) is 18.3 Å². The number of carbonyl (C=O) groups excluding carboxylic acids is 1. The summed E-state index contributed by atoms with van der Waals surface area (Å²) in [6.45, 7) is 1.80. The molecule has 0 aliphatic rings. The predicted molar refractivity (Wildman–Crippen MR) is 60.1 cm³/mol. The highest BCUT2D eigenvalue weighted by molar-refractivity contribution is 5.91. The highest BCUT2D eigenvalue weighted by Crippen LogP contribution is 2.04. The molecule has 0 radical (unpaired) electrons. The Morgan fingerprint density at radius 3 is 2.69 bits per heavy atom. The van der Waals surface area contributed by atoms with Crippen molar-refractivity contribution in [1.29, 1.82) is 0 Å². The van der Waals surface area contributed by atoms with E-state index in [4.69, 9.17) is 5.11 Å². The summed E-state index contributed by atoms with van der Waals surface area (Å²) in [4.78, 5) is 11.2. The van der Waals surface area contributed by atoms with Gasteiger partial charge >= 0.3 is 0 Å². The fourth-order valence-electron chi connectivity index (χ4n) is 1.05. The Kier molecular flexibility index (Phi) is 4.66. The molecule has 0 aromatic heterocycles. The zero-order chi connectivity index (χ0) is 12.0. The van der Waals surface area contributed by atoms with Crippen LogP contribution in [0, 0.1) is 5.82 Å². The maximum atomic E-state index is 12.6. The zero-order valence-corrected chi connectivity index (χ0v) is 8.98. The largest absolute Gasteiger partial charge is 0.392 e. The molecule has 0 spiro atoms. The van der Waals surface area contributed by atoms with E-state index in [0.717, 1.165) is 5.56 Å². The zero-order valence-electron chi connectivity index (χ0n) is 8.98. The predicted octanol–water partition coefficient (Wildman–Crippen LogP) is 1.34. The third kappa shape index (κ3) is 4.70. The highest BCUT2D eigenvalue weighted by Gasteiger charge is 1.98. The lowest BCUT2D eigenvalue weighted by molar-refractivity contribution is -0.116. The van der Waals surface area contributed by atoms with Crippen LogP contribution in [0.1, 0.15) is 12.5 Å². The molecule has 0 fully saturated rings. The molecule has 1 atom stereocenters. The molecule has 1 aromatic rings. The van der Waals surface area contributed by atoms with Gasteiger partial charge in [-0.25, -0.2) is 4.39 Å². The van der Waals surface area contributed by atoms with Crippen LogP contribution in [-0.2, 0) is 4.79 Å². The van der Waals surface area contributed by atoms with Gasteiger partial charge in [0.05, 0.1) is 6.10 Å². The van der Waals surface area contributed by atoms with Crippen LogP contribution in [0.25, 0.3) is 6.08 Å². The van der Waals surface area contributed by atoms with Gasteiger partial charge in [0.1, 0.15) is 5.82 Å². The average Bonchev–Trinajstić information content (AvgIpc) is 2.25. The third-order valence-electron chi connectivity index (χ3n) is 1.87. The second-order valence-corrected chi connectivity index (χ2v) is 3.48.